The third-order valence-electron chi connectivity index (χ3n) is 4.14. The Morgan fingerprint density at radius 3 is 2.64 bits per heavy atom. The molecule has 0 amide bonds. The van der Waals surface area contributed by atoms with Gasteiger partial charge in [-0.05, 0) is 31.2 Å². The zero-order valence-electron chi connectivity index (χ0n) is 15.2. The fourth-order valence-corrected chi connectivity index (χ4v) is 2.71. The molecule has 1 saturated heterocycles. The molecule has 25 heavy (non-hydrogen) atoms. The normalized spacial score (nSPS) is 17.2. The lowest BCUT2D eigenvalue weighted by atomic mass is 10.1. The molecule has 2 N–H and O–H groups in total. The van der Waals surface area contributed by atoms with Gasteiger partial charge in [0.05, 0.1) is 13.2 Å². The Morgan fingerprint density at radius 2 is 1.96 bits per heavy atom. The highest BCUT2D eigenvalue weighted by atomic mass is 127. The van der Waals surface area contributed by atoms with Crippen LogP contribution >= 0.6 is 24.0 Å². The molecule has 2 rings (SSSR count). The number of nitrogens with zero attached hydrogens (tertiary/aromatic N) is 1. The lowest BCUT2D eigenvalue weighted by molar-refractivity contribution is 0.0888. The molecule has 0 bridgehead atoms. The minimum atomic E-state index is 0. The van der Waals surface area contributed by atoms with Crippen molar-refractivity contribution >= 4 is 29.9 Å². The fourth-order valence-electron chi connectivity index (χ4n) is 2.71. The highest BCUT2D eigenvalue weighted by Gasteiger charge is 2.15. The van der Waals surface area contributed by atoms with E-state index in [2.05, 4.69) is 46.0 Å². The zero-order valence-corrected chi connectivity index (χ0v) is 17.5. The molecule has 0 spiro atoms. The SMILES string of the molecule is CN=C(NCCCOCC1CCOC1)NCCCc1ccccc1.I. The van der Waals surface area contributed by atoms with Gasteiger partial charge in [0.1, 0.15) is 0 Å². The van der Waals surface area contributed by atoms with E-state index in [0.717, 1.165) is 71.2 Å². The highest BCUT2D eigenvalue weighted by Crippen LogP contribution is 2.12. The second kappa shape index (κ2) is 14.3. The number of aryl methyl sites for hydroxylation is 1. The Bertz CT molecular complexity index is 465. The maximum Gasteiger partial charge on any atom is 0.190 e. The van der Waals surface area contributed by atoms with Crippen molar-refractivity contribution in [2.75, 3.05) is 46.6 Å². The maximum atomic E-state index is 5.70. The van der Waals surface area contributed by atoms with Crippen molar-refractivity contribution in [3.63, 3.8) is 0 Å². The van der Waals surface area contributed by atoms with Gasteiger partial charge in [0.2, 0.25) is 0 Å². The Hall–Kier alpha value is -0.860. The van der Waals surface area contributed by atoms with E-state index >= 15 is 0 Å². The fraction of sp³-hybridized carbons (Fsp3) is 0.632. The summed E-state index contributed by atoms with van der Waals surface area (Å²) >= 11 is 0. The summed E-state index contributed by atoms with van der Waals surface area (Å²) in [7, 11) is 1.81. The third kappa shape index (κ3) is 10.0. The molecule has 142 valence electrons. The van der Waals surface area contributed by atoms with E-state index in [1.54, 1.807) is 0 Å². The van der Waals surface area contributed by atoms with Crippen LogP contribution in [0, 0.1) is 5.92 Å². The zero-order chi connectivity index (χ0) is 16.9. The van der Waals surface area contributed by atoms with Crippen molar-refractivity contribution in [2.45, 2.75) is 25.7 Å². The van der Waals surface area contributed by atoms with Crippen LogP contribution in [0.1, 0.15) is 24.8 Å². The van der Waals surface area contributed by atoms with E-state index in [1.807, 2.05) is 7.05 Å². The van der Waals surface area contributed by atoms with Gasteiger partial charge in [-0.2, -0.15) is 0 Å². The van der Waals surface area contributed by atoms with Crippen molar-refractivity contribution in [2.24, 2.45) is 10.9 Å². The Labute approximate surface area is 169 Å². The van der Waals surface area contributed by atoms with Crippen molar-refractivity contribution < 1.29 is 9.47 Å². The van der Waals surface area contributed by atoms with Crippen LogP contribution in [-0.4, -0.2) is 52.5 Å². The van der Waals surface area contributed by atoms with Gasteiger partial charge in [0.25, 0.3) is 0 Å². The predicted octanol–water partition coefficient (Wildman–Crippen LogP) is 2.85. The Kier molecular flexibility index (Phi) is 12.7. The van der Waals surface area contributed by atoms with Gasteiger partial charge in [0, 0.05) is 39.3 Å². The molecule has 0 aliphatic carbocycles. The predicted molar refractivity (Wildman–Crippen MR) is 114 cm³/mol. The molecule has 0 aromatic heterocycles. The summed E-state index contributed by atoms with van der Waals surface area (Å²) in [6, 6.07) is 10.6. The molecule has 1 unspecified atom stereocenters. The van der Waals surface area contributed by atoms with Crippen molar-refractivity contribution in [1.29, 1.82) is 0 Å². The number of nitrogens with one attached hydrogen (secondary N) is 2. The topological polar surface area (TPSA) is 54.9 Å². The van der Waals surface area contributed by atoms with E-state index < -0.39 is 0 Å². The quantitative estimate of drug-likeness (QED) is 0.244. The lowest BCUT2D eigenvalue weighted by Crippen LogP contribution is -2.38. The number of rotatable bonds is 10. The molecular formula is C19H32IN3O2. The van der Waals surface area contributed by atoms with Gasteiger partial charge in [-0.15, -0.1) is 24.0 Å². The van der Waals surface area contributed by atoms with E-state index in [1.165, 1.54) is 5.56 Å². The third-order valence-corrected chi connectivity index (χ3v) is 4.14. The number of hydrogen-bond donors (Lipinski definition) is 2. The monoisotopic (exact) mass is 461 g/mol. The van der Waals surface area contributed by atoms with E-state index in [-0.39, 0.29) is 24.0 Å². The Morgan fingerprint density at radius 1 is 1.20 bits per heavy atom. The van der Waals surface area contributed by atoms with Crippen LogP contribution in [-0.2, 0) is 15.9 Å². The largest absolute Gasteiger partial charge is 0.381 e. The van der Waals surface area contributed by atoms with Gasteiger partial charge in [0.15, 0.2) is 5.96 Å². The first-order chi connectivity index (χ1) is 11.9. The molecule has 1 aromatic rings. The van der Waals surface area contributed by atoms with Crippen molar-refractivity contribution in [3.8, 4) is 0 Å². The molecular weight excluding hydrogens is 429 g/mol. The maximum absolute atomic E-state index is 5.70. The number of hydrogen-bond acceptors (Lipinski definition) is 3. The van der Waals surface area contributed by atoms with Crippen LogP contribution in [0.5, 0.6) is 0 Å². The van der Waals surface area contributed by atoms with Crippen LogP contribution in [0.2, 0.25) is 0 Å². The van der Waals surface area contributed by atoms with Crippen LogP contribution in [0.15, 0.2) is 35.3 Å². The summed E-state index contributed by atoms with van der Waals surface area (Å²) in [5.74, 6) is 1.46. The van der Waals surface area contributed by atoms with E-state index in [0.29, 0.717) is 5.92 Å². The molecule has 1 aliphatic rings. The van der Waals surface area contributed by atoms with Gasteiger partial charge >= 0.3 is 0 Å². The summed E-state index contributed by atoms with van der Waals surface area (Å²) in [5, 5.41) is 6.69. The van der Waals surface area contributed by atoms with Crippen molar-refractivity contribution in [1.82, 2.24) is 10.6 Å². The average Bonchev–Trinajstić information content (AvgIpc) is 3.14. The first-order valence-corrected chi connectivity index (χ1v) is 9.02. The molecule has 1 fully saturated rings. The van der Waals surface area contributed by atoms with Crippen LogP contribution in [0.4, 0.5) is 0 Å². The second-order valence-corrected chi connectivity index (χ2v) is 6.17. The average molecular weight is 461 g/mol. The summed E-state index contributed by atoms with van der Waals surface area (Å²) < 4.78 is 11.0. The number of halogens is 1. The van der Waals surface area contributed by atoms with Crippen LogP contribution < -0.4 is 10.6 Å². The standard InChI is InChI=1S/C19H31N3O2.HI/c1-20-19(21-11-5-9-17-7-3-2-4-8-17)22-12-6-13-23-15-18-10-14-24-16-18;/h2-4,7-8,18H,5-6,9-16H2,1H3,(H2,20,21,22);1H. The summed E-state index contributed by atoms with van der Waals surface area (Å²) in [5.41, 5.74) is 1.38. The summed E-state index contributed by atoms with van der Waals surface area (Å²) in [6.07, 6.45) is 4.30. The van der Waals surface area contributed by atoms with Gasteiger partial charge < -0.3 is 20.1 Å². The van der Waals surface area contributed by atoms with Crippen LogP contribution in [0.25, 0.3) is 0 Å². The molecule has 0 radical (unpaired) electrons. The van der Waals surface area contributed by atoms with Gasteiger partial charge in [-0.3, -0.25) is 4.99 Å². The molecule has 1 aliphatic heterocycles. The van der Waals surface area contributed by atoms with E-state index in [4.69, 9.17) is 9.47 Å². The molecule has 1 heterocycles. The lowest BCUT2D eigenvalue weighted by Gasteiger charge is -2.12. The first kappa shape index (κ1) is 22.2. The summed E-state index contributed by atoms with van der Waals surface area (Å²) in [6.45, 7) is 5.16. The highest BCUT2D eigenvalue weighted by molar-refractivity contribution is 14.0. The second-order valence-electron chi connectivity index (χ2n) is 6.17. The van der Waals surface area contributed by atoms with E-state index in [9.17, 15) is 0 Å². The first-order valence-electron chi connectivity index (χ1n) is 9.02. The number of aliphatic imine (C=N–C) groups is 1. The number of benzene rings is 1. The van der Waals surface area contributed by atoms with Crippen LogP contribution in [0.3, 0.4) is 0 Å². The molecule has 1 atom stereocenters. The summed E-state index contributed by atoms with van der Waals surface area (Å²) in [4.78, 5) is 4.25. The van der Waals surface area contributed by atoms with Crippen molar-refractivity contribution in [3.05, 3.63) is 35.9 Å². The van der Waals surface area contributed by atoms with Gasteiger partial charge in [-0.1, -0.05) is 30.3 Å². The molecule has 5 nitrogen and oxygen atoms in total. The number of ether oxygens (including phenoxy) is 2. The molecule has 1 aromatic carbocycles. The Balaban J connectivity index is 0.00000312. The van der Waals surface area contributed by atoms with Gasteiger partial charge in [-0.25, -0.2) is 0 Å². The molecule has 0 saturated carbocycles. The smallest absolute Gasteiger partial charge is 0.190 e. The molecule has 6 heteroatoms. The number of guanidine groups is 1. The minimum absolute atomic E-state index is 0. The minimum Gasteiger partial charge on any atom is -0.381 e.